The SMILES string of the molecule is O=S(=O)(Cl)c1ccc(Br)c(OC(F)F)c1Br. The van der Waals surface area contributed by atoms with Gasteiger partial charge in [0.25, 0.3) is 9.05 Å². The minimum absolute atomic E-state index is 0.155. The Bertz CT molecular complexity index is 507. The average molecular weight is 400 g/mol. The van der Waals surface area contributed by atoms with E-state index in [-0.39, 0.29) is 19.6 Å². The Hall–Kier alpha value is 0.0800. The van der Waals surface area contributed by atoms with E-state index in [0.717, 1.165) is 6.07 Å². The zero-order chi connectivity index (χ0) is 12.5. The smallest absolute Gasteiger partial charge is 0.387 e. The molecule has 0 amide bonds. The van der Waals surface area contributed by atoms with Gasteiger partial charge in [-0.2, -0.15) is 8.78 Å². The average Bonchev–Trinajstić information content (AvgIpc) is 2.09. The van der Waals surface area contributed by atoms with E-state index in [0.29, 0.717) is 0 Å². The van der Waals surface area contributed by atoms with E-state index in [2.05, 4.69) is 36.6 Å². The van der Waals surface area contributed by atoms with Gasteiger partial charge in [-0.1, -0.05) is 0 Å². The van der Waals surface area contributed by atoms with Gasteiger partial charge in [-0.25, -0.2) is 8.42 Å². The Kier molecular flexibility index (Phi) is 4.56. The highest BCUT2D eigenvalue weighted by Gasteiger charge is 2.21. The summed E-state index contributed by atoms with van der Waals surface area (Å²) in [4.78, 5) is -0.340. The lowest BCUT2D eigenvalue weighted by Gasteiger charge is -2.10. The van der Waals surface area contributed by atoms with Crippen LogP contribution in [0.1, 0.15) is 0 Å². The van der Waals surface area contributed by atoms with E-state index in [4.69, 9.17) is 10.7 Å². The number of ether oxygens (including phenoxy) is 1. The van der Waals surface area contributed by atoms with Crippen LogP contribution in [0.3, 0.4) is 0 Å². The van der Waals surface area contributed by atoms with Crippen LogP contribution in [-0.4, -0.2) is 15.0 Å². The molecule has 0 bridgehead atoms. The van der Waals surface area contributed by atoms with Gasteiger partial charge in [0.15, 0.2) is 5.75 Å². The number of benzene rings is 1. The fourth-order valence-electron chi connectivity index (χ4n) is 0.900. The van der Waals surface area contributed by atoms with Gasteiger partial charge in [0.2, 0.25) is 0 Å². The van der Waals surface area contributed by atoms with Gasteiger partial charge in [-0.05, 0) is 44.0 Å². The van der Waals surface area contributed by atoms with Crippen molar-refractivity contribution in [2.45, 2.75) is 11.5 Å². The van der Waals surface area contributed by atoms with Gasteiger partial charge in [-0.3, -0.25) is 0 Å². The highest BCUT2D eigenvalue weighted by Crippen LogP contribution is 2.39. The van der Waals surface area contributed by atoms with E-state index in [1.54, 1.807) is 0 Å². The van der Waals surface area contributed by atoms with Gasteiger partial charge < -0.3 is 4.74 Å². The van der Waals surface area contributed by atoms with Crippen molar-refractivity contribution >= 4 is 51.6 Å². The Labute approximate surface area is 111 Å². The molecule has 9 heteroatoms. The molecule has 0 spiro atoms. The third-order valence-corrected chi connectivity index (χ3v) is 4.52. The van der Waals surface area contributed by atoms with Crippen LogP contribution in [0, 0.1) is 0 Å². The molecule has 0 heterocycles. The minimum atomic E-state index is -4.03. The number of halogens is 5. The fourth-order valence-corrected chi connectivity index (χ4v) is 3.87. The molecule has 0 aromatic heterocycles. The first-order chi connectivity index (χ1) is 7.23. The predicted octanol–water partition coefficient (Wildman–Crippen LogP) is 3.74. The molecule has 1 rings (SSSR count). The van der Waals surface area contributed by atoms with E-state index in [9.17, 15) is 17.2 Å². The summed E-state index contributed by atoms with van der Waals surface area (Å²) >= 11 is 5.79. The molecule has 0 aliphatic carbocycles. The van der Waals surface area contributed by atoms with Crippen molar-refractivity contribution in [1.82, 2.24) is 0 Å². The van der Waals surface area contributed by atoms with Crippen LogP contribution in [0.5, 0.6) is 5.75 Å². The van der Waals surface area contributed by atoms with Crippen LogP contribution >= 0.6 is 42.5 Å². The van der Waals surface area contributed by atoms with Crippen LogP contribution in [0.2, 0.25) is 0 Å². The third kappa shape index (κ3) is 3.28. The largest absolute Gasteiger partial charge is 0.432 e. The first-order valence-corrected chi connectivity index (χ1v) is 7.50. The minimum Gasteiger partial charge on any atom is -0.432 e. The summed E-state index contributed by atoms with van der Waals surface area (Å²) < 4.78 is 50.5. The first-order valence-electron chi connectivity index (χ1n) is 3.61. The molecule has 0 atom stereocenters. The molecule has 0 aliphatic heterocycles. The normalized spacial score (nSPS) is 11.9. The standard InChI is InChI=1S/C7H3Br2ClF2O3S/c8-3-1-2-4(16(10,13)14)5(9)6(3)15-7(11)12/h1-2,7H. The fraction of sp³-hybridized carbons (Fsp3) is 0.143. The molecule has 16 heavy (non-hydrogen) atoms. The lowest BCUT2D eigenvalue weighted by atomic mass is 10.3. The highest BCUT2D eigenvalue weighted by molar-refractivity contribution is 9.11. The van der Waals surface area contributed by atoms with Crippen molar-refractivity contribution in [2.75, 3.05) is 0 Å². The van der Waals surface area contributed by atoms with E-state index >= 15 is 0 Å². The summed E-state index contributed by atoms with van der Waals surface area (Å²) in [5.74, 6) is -0.322. The molecule has 0 unspecified atom stereocenters. The van der Waals surface area contributed by atoms with Crippen LogP contribution in [0.15, 0.2) is 26.0 Å². The Balaban J connectivity index is 3.39. The molecular formula is C7H3Br2ClF2O3S. The predicted molar refractivity (Wildman–Crippen MR) is 61.5 cm³/mol. The Morgan fingerprint density at radius 1 is 1.31 bits per heavy atom. The number of alkyl halides is 2. The maximum absolute atomic E-state index is 12.1. The second kappa shape index (κ2) is 5.16. The van der Waals surface area contributed by atoms with Gasteiger partial charge in [-0.15, -0.1) is 0 Å². The van der Waals surface area contributed by atoms with Gasteiger partial charge >= 0.3 is 6.61 Å². The molecule has 0 N–H and O–H groups in total. The molecular weight excluding hydrogens is 397 g/mol. The van der Waals surface area contributed by atoms with E-state index in [1.165, 1.54) is 6.07 Å². The van der Waals surface area contributed by atoms with Crippen molar-refractivity contribution in [3.63, 3.8) is 0 Å². The highest BCUT2D eigenvalue weighted by atomic mass is 79.9. The summed E-state index contributed by atoms with van der Waals surface area (Å²) in [7, 11) is 1.08. The molecule has 0 aliphatic rings. The van der Waals surface area contributed by atoms with Crippen molar-refractivity contribution < 1.29 is 21.9 Å². The molecule has 0 saturated carbocycles. The van der Waals surface area contributed by atoms with Crippen molar-refractivity contribution in [2.24, 2.45) is 0 Å². The summed E-state index contributed by atoms with van der Waals surface area (Å²) in [5, 5.41) is 0. The summed E-state index contributed by atoms with van der Waals surface area (Å²) in [6.07, 6.45) is 0. The maximum Gasteiger partial charge on any atom is 0.387 e. The molecule has 1 aromatic carbocycles. The number of rotatable bonds is 3. The molecule has 90 valence electrons. The van der Waals surface area contributed by atoms with Crippen molar-refractivity contribution in [3.05, 3.63) is 21.1 Å². The number of hydrogen-bond acceptors (Lipinski definition) is 3. The van der Waals surface area contributed by atoms with Gasteiger partial charge in [0, 0.05) is 10.7 Å². The lowest BCUT2D eigenvalue weighted by Crippen LogP contribution is -2.05. The zero-order valence-corrected chi connectivity index (χ0v) is 12.0. The molecule has 0 saturated heterocycles. The quantitative estimate of drug-likeness (QED) is 0.726. The monoisotopic (exact) mass is 398 g/mol. The van der Waals surface area contributed by atoms with Crippen molar-refractivity contribution in [1.29, 1.82) is 0 Å². The Morgan fingerprint density at radius 2 is 1.88 bits per heavy atom. The van der Waals surface area contributed by atoms with Gasteiger partial charge in [0.1, 0.15) is 4.90 Å². The molecule has 0 radical (unpaired) electrons. The second-order valence-corrected chi connectivity index (χ2v) is 6.69. The second-order valence-electron chi connectivity index (χ2n) is 2.50. The topological polar surface area (TPSA) is 43.4 Å². The first kappa shape index (κ1) is 14.1. The molecule has 0 fully saturated rings. The maximum atomic E-state index is 12.1. The Morgan fingerprint density at radius 3 is 2.31 bits per heavy atom. The van der Waals surface area contributed by atoms with E-state index < -0.39 is 15.7 Å². The van der Waals surface area contributed by atoms with Crippen LogP contribution in [0.4, 0.5) is 8.78 Å². The summed E-state index contributed by atoms with van der Waals surface area (Å²) in [6.45, 7) is -3.07. The summed E-state index contributed by atoms with van der Waals surface area (Å²) in [6, 6.07) is 2.41. The zero-order valence-electron chi connectivity index (χ0n) is 7.25. The van der Waals surface area contributed by atoms with Gasteiger partial charge in [0.05, 0.1) is 8.95 Å². The lowest BCUT2D eigenvalue weighted by molar-refractivity contribution is -0.0510. The van der Waals surface area contributed by atoms with E-state index in [1.807, 2.05) is 0 Å². The van der Waals surface area contributed by atoms with Crippen LogP contribution < -0.4 is 4.74 Å². The molecule has 1 aromatic rings. The third-order valence-electron chi connectivity index (χ3n) is 1.48. The van der Waals surface area contributed by atoms with Crippen LogP contribution in [0.25, 0.3) is 0 Å². The van der Waals surface area contributed by atoms with Crippen LogP contribution in [-0.2, 0) is 9.05 Å². The summed E-state index contributed by atoms with van der Waals surface area (Å²) in [5.41, 5.74) is 0. The molecule has 3 nitrogen and oxygen atoms in total. The number of hydrogen-bond donors (Lipinski definition) is 0. The van der Waals surface area contributed by atoms with Crippen molar-refractivity contribution in [3.8, 4) is 5.75 Å².